The number of nitrogens with zero attached hydrogens (tertiary/aromatic N) is 1. The van der Waals surface area contributed by atoms with Gasteiger partial charge in [-0.15, -0.1) is 0 Å². The van der Waals surface area contributed by atoms with Gasteiger partial charge in [0.25, 0.3) is 0 Å². The van der Waals surface area contributed by atoms with Gasteiger partial charge in [0.15, 0.2) is 17.3 Å². The predicted molar refractivity (Wildman–Crippen MR) is 185 cm³/mol. The normalized spacial score (nSPS) is 10.7. The van der Waals surface area contributed by atoms with Crippen LogP contribution in [0.1, 0.15) is 32.6 Å². The minimum absolute atomic E-state index is 0.0450. The number of likely N-dealkylation sites (N-methyl/N-ethyl adjacent to an activating group) is 1. The first-order valence-electron chi connectivity index (χ1n) is 15.3. The number of phenolic OH excluding ortho intramolecular Hbond substituents is 1. The molecule has 0 atom stereocenters. The number of benzene rings is 5. The summed E-state index contributed by atoms with van der Waals surface area (Å²) in [5.74, 6) is -0.143. The van der Waals surface area contributed by atoms with Gasteiger partial charge in [0.2, 0.25) is 0 Å². The SMILES string of the molecule is CN(CC(=O)c1ccc(O)c(OCc2ccccc2)c1)C(=O)OCc1ccccc1.O=P(O)(OCc1ccccc1)OCc1ccccc1. The van der Waals surface area contributed by atoms with Gasteiger partial charge in [0, 0.05) is 12.6 Å². The summed E-state index contributed by atoms with van der Waals surface area (Å²) in [6.07, 6.45) is -0.591. The lowest BCUT2D eigenvalue weighted by atomic mass is 10.1. The van der Waals surface area contributed by atoms with Gasteiger partial charge in [-0.1, -0.05) is 121 Å². The maximum absolute atomic E-state index is 12.6. The van der Waals surface area contributed by atoms with Gasteiger partial charge < -0.3 is 24.4 Å². The molecular weight excluding hydrogens is 645 g/mol. The second kappa shape index (κ2) is 18.9. The number of Topliss-reactive ketones (excluding diaryl/α,β-unsaturated/α-hetero) is 1. The highest BCUT2D eigenvalue weighted by atomic mass is 31.2. The summed E-state index contributed by atoms with van der Waals surface area (Å²) in [5.41, 5.74) is 3.78. The molecule has 0 spiro atoms. The fourth-order valence-electron chi connectivity index (χ4n) is 4.24. The zero-order chi connectivity index (χ0) is 34.9. The zero-order valence-electron chi connectivity index (χ0n) is 27.0. The van der Waals surface area contributed by atoms with E-state index in [1.165, 1.54) is 30.1 Å². The molecule has 0 saturated heterocycles. The van der Waals surface area contributed by atoms with Crippen molar-refractivity contribution in [3.8, 4) is 11.5 Å². The number of carbonyl (C=O) groups is 2. The molecule has 254 valence electrons. The van der Waals surface area contributed by atoms with E-state index in [0.717, 1.165) is 22.3 Å². The molecule has 0 radical (unpaired) electrons. The Hall–Kier alpha value is -5.25. The number of amides is 1. The van der Waals surface area contributed by atoms with Crippen molar-refractivity contribution in [2.45, 2.75) is 26.4 Å². The maximum atomic E-state index is 12.6. The fraction of sp³-hybridized carbons (Fsp3) is 0.158. The Morgan fingerprint density at radius 1 is 0.633 bits per heavy atom. The van der Waals surface area contributed by atoms with E-state index in [1.54, 1.807) is 0 Å². The topological polar surface area (TPSA) is 132 Å². The number of rotatable bonds is 14. The summed E-state index contributed by atoms with van der Waals surface area (Å²) in [7, 11) is -2.52. The molecule has 5 aromatic carbocycles. The highest BCUT2D eigenvalue weighted by molar-refractivity contribution is 7.47. The van der Waals surface area contributed by atoms with Crippen molar-refractivity contribution < 1.29 is 42.7 Å². The number of ketones is 1. The van der Waals surface area contributed by atoms with E-state index < -0.39 is 13.9 Å². The molecule has 0 aliphatic heterocycles. The number of phenols is 1. The van der Waals surface area contributed by atoms with Crippen LogP contribution in [-0.2, 0) is 44.8 Å². The first kappa shape index (κ1) is 36.6. The number of hydrogen-bond acceptors (Lipinski definition) is 8. The van der Waals surface area contributed by atoms with Crippen molar-refractivity contribution in [1.82, 2.24) is 4.90 Å². The lowest BCUT2D eigenvalue weighted by Gasteiger charge is -2.17. The number of aromatic hydroxyl groups is 1. The molecule has 10 nitrogen and oxygen atoms in total. The summed E-state index contributed by atoms with van der Waals surface area (Å²) in [6.45, 7) is 0.329. The Labute approximate surface area is 285 Å². The summed E-state index contributed by atoms with van der Waals surface area (Å²) in [6, 6.07) is 41.5. The van der Waals surface area contributed by atoms with Crippen molar-refractivity contribution in [3.63, 3.8) is 0 Å². The van der Waals surface area contributed by atoms with E-state index in [9.17, 15) is 24.2 Å². The third-order valence-corrected chi connectivity index (χ3v) is 7.80. The van der Waals surface area contributed by atoms with Crippen LogP contribution in [0, 0.1) is 0 Å². The molecule has 0 saturated carbocycles. The lowest BCUT2D eigenvalue weighted by molar-refractivity contribution is 0.0850. The van der Waals surface area contributed by atoms with Crippen LogP contribution >= 0.6 is 7.82 Å². The van der Waals surface area contributed by atoms with Crippen LogP contribution in [0.4, 0.5) is 4.79 Å². The Balaban J connectivity index is 0.000000244. The first-order chi connectivity index (χ1) is 23.7. The first-order valence-corrected chi connectivity index (χ1v) is 16.8. The summed E-state index contributed by atoms with van der Waals surface area (Å²) < 4.78 is 32.4. The number of phosphoric acid groups is 1. The Morgan fingerprint density at radius 2 is 1.06 bits per heavy atom. The largest absolute Gasteiger partial charge is 0.504 e. The van der Waals surface area contributed by atoms with Crippen molar-refractivity contribution in [2.75, 3.05) is 13.6 Å². The number of phosphoric ester groups is 1. The average molecular weight is 684 g/mol. The lowest BCUT2D eigenvalue weighted by Crippen LogP contribution is -2.32. The molecule has 5 rings (SSSR count). The second-order valence-electron chi connectivity index (χ2n) is 10.8. The molecule has 0 aliphatic carbocycles. The average Bonchev–Trinajstić information content (AvgIpc) is 3.14. The van der Waals surface area contributed by atoms with Crippen LogP contribution in [0.5, 0.6) is 11.5 Å². The number of carbonyl (C=O) groups excluding carboxylic acids is 2. The van der Waals surface area contributed by atoms with E-state index in [-0.39, 0.29) is 50.3 Å². The Morgan fingerprint density at radius 3 is 1.53 bits per heavy atom. The van der Waals surface area contributed by atoms with Gasteiger partial charge in [-0.3, -0.25) is 13.8 Å². The molecule has 0 aromatic heterocycles. The van der Waals surface area contributed by atoms with Crippen LogP contribution in [0.15, 0.2) is 140 Å². The van der Waals surface area contributed by atoms with Gasteiger partial charge >= 0.3 is 13.9 Å². The molecule has 0 fully saturated rings. The van der Waals surface area contributed by atoms with E-state index in [1.807, 2.05) is 121 Å². The number of hydrogen-bond donors (Lipinski definition) is 2. The highest BCUT2D eigenvalue weighted by Crippen LogP contribution is 2.44. The molecule has 0 heterocycles. The minimum Gasteiger partial charge on any atom is -0.504 e. The number of ether oxygens (including phenoxy) is 2. The molecule has 5 aromatic rings. The van der Waals surface area contributed by atoms with Crippen molar-refractivity contribution in [3.05, 3.63) is 167 Å². The summed E-state index contributed by atoms with van der Waals surface area (Å²) in [5, 5.41) is 10.0. The molecular formula is C38H38NO9P. The molecule has 1 amide bonds. The van der Waals surface area contributed by atoms with Crippen molar-refractivity contribution in [2.24, 2.45) is 0 Å². The minimum atomic E-state index is -4.02. The van der Waals surface area contributed by atoms with Crippen LogP contribution in [0.25, 0.3) is 0 Å². The molecule has 2 N–H and O–H groups in total. The summed E-state index contributed by atoms with van der Waals surface area (Å²) in [4.78, 5) is 35.5. The van der Waals surface area contributed by atoms with Crippen LogP contribution < -0.4 is 4.74 Å². The quantitative estimate of drug-likeness (QED) is 0.0884. The standard InChI is InChI=1S/C24H23NO5.C14H15O4P/c1-25(24(28)30-17-19-10-6-3-7-11-19)15-22(27)20-12-13-21(26)23(14-20)29-16-18-8-4-2-5-9-18;15-19(16,17-11-13-7-3-1-4-8-13)18-12-14-9-5-2-6-10-14/h2-14,26H,15-17H2,1H3;1-10H,11-12H2,(H,15,16). The third kappa shape index (κ3) is 13.1. The fourth-order valence-corrected chi connectivity index (χ4v) is 4.94. The predicted octanol–water partition coefficient (Wildman–Crippen LogP) is 7.94. The van der Waals surface area contributed by atoms with Crippen molar-refractivity contribution >= 4 is 19.7 Å². The van der Waals surface area contributed by atoms with Gasteiger partial charge in [0.05, 0.1) is 19.8 Å². The third-order valence-electron chi connectivity index (χ3n) is 6.89. The van der Waals surface area contributed by atoms with Crippen LogP contribution in [0.2, 0.25) is 0 Å². The molecule has 0 aliphatic rings. The zero-order valence-corrected chi connectivity index (χ0v) is 27.9. The molecule has 11 heteroatoms. The van der Waals surface area contributed by atoms with Crippen LogP contribution in [0.3, 0.4) is 0 Å². The van der Waals surface area contributed by atoms with Gasteiger partial charge in [-0.25, -0.2) is 9.36 Å². The highest BCUT2D eigenvalue weighted by Gasteiger charge is 2.21. The van der Waals surface area contributed by atoms with Gasteiger partial charge in [-0.05, 0) is 40.5 Å². The summed E-state index contributed by atoms with van der Waals surface area (Å²) >= 11 is 0. The van der Waals surface area contributed by atoms with Crippen LogP contribution in [-0.4, -0.2) is 40.4 Å². The van der Waals surface area contributed by atoms with E-state index in [0.29, 0.717) is 5.56 Å². The maximum Gasteiger partial charge on any atom is 0.472 e. The van der Waals surface area contributed by atoms with E-state index in [2.05, 4.69) is 0 Å². The van der Waals surface area contributed by atoms with E-state index in [4.69, 9.17) is 18.5 Å². The molecule has 49 heavy (non-hydrogen) atoms. The Kier molecular flexibility index (Phi) is 14.1. The monoisotopic (exact) mass is 683 g/mol. The Bertz CT molecular complexity index is 1740. The van der Waals surface area contributed by atoms with E-state index >= 15 is 0 Å². The molecule has 0 bridgehead atoms. The van der Waals surface area contributed by atoms with Gasteiger partial charge in [-0.2, -0.15) is 0 Å². The van der Waals surface area contributed by atoms with Gasteiger partial charge in [0.1, 0.15) is 13.2 Å². The smallest absolute Gasteiger partial charge is 0.472 e. The van der Waals surface area contributed by atoms with Crippen molar-refractivity contribution in [1.29, 1.82) is 0 Å². The molecule has 0 unspecified atom stereocenters. The second-order valence-corrected chi connectivity index (χ2v) is 12.2.